The first-order chi connectivity index (χ1) is 21.3. The fourth-order valence-corrected chi connectivity index (χ4v) is 6.69. The van der Waals surface area contributed by atoms with Gasteiger partial charge >= 0.3 is 12.1 Å². The quantitative estimate of drug-likeness (QED) is 0.210. The molecular weight excluding hydrogens is 604 g/mol. The van der Waals surface area contributed by atoms with Crippen LogP contribution in [0.1, 0.15) is 102 Å². The summed E-state index contributed by atoms with van der Waals surface area (Å²) >= 11 is 0. The zero-order valence-corrected chi connectivity index (χ0v) is 30.2. The van der Waals surface area contributed by atoms with E-state index in [-0.39, 0.29) is 29.8 Å². The third kappa shape index (κ3) is 9.37. The molecule has 3 unspecified atom stereocenters. The number of alkyl carbamates (subject to hydrolysis) is 1. The Bertz CT molecular complexity index is 1240. The van der Waals surface area contributed by atoms with Crippen LogP contribution in [0.2, 0.25) is 0 Å². The van der Waals surface area contributed by atoms with Crippen LogP contribution in [-0.2, 0) is 23.9 Å². The molecule has 0 aromatic carbocycles. The number of carbonyl (C=O) groups is 6. The lowest BCUT2D eigenvalue weighted by molar-refractivity contribution is -0.145. The third-order valence-corrected chi connectivity index (χ3v) is 10.0. The molecule has 6 atom stereocenters. The second kappa shape index (κ2) is 13.6. The number of ketones is 1. The van der Waals surface area contributed by atoms with Crippen molar-refractivity contribution in [3.8, 4) is 0 Å². The SMILES string of the molecule is CC(C)(C)NC(=O)OC[C@@H](NC(=O)NC(C(=O)N1C[C@H]2[C@@H](C1C(=O)NC(CC1CCC1)C(=O)C(N)=O)C2(C)C)C(C)(C)C)C(C)(C)C. The number of hydrogen-bond donors (Lipinski definition) is 5. The van der Waals surface area contributed by atoms with Crippen LogP contribution in [0.3, 0.4) is 0 Å². The van der Waals surface area contributed by atoms with Gasteiger partial charge < -0.3 is 36.6 Å². The molecule has 0 aromatic heterocycles. The van der Waals surface area contributed by atoms with Crippen molar-refractivity contribution in [3.63, 3.8) is 0 Å². The number of fused-ring (bicyclic) bond motifs is 1. The molecule has 1 saturated heterocycles. The van der Waals surface area contributed by atoms with Crippen LogP contribution >= 0.6 is 0 Å². The summed E-state index contributed by atoms with van der Waals surface area (Å²) in [5.41, 5.74) is 3.40. The van der Waals surface area contributed by atoms with Gasteiger partial charge in [0, 0.05) is 12.1 Å². The number of Topliss-reactive ketones (excluding diaryl/α,β-unsaturated/α-hetero) is 1. The number of primary amides is 1. The van der Waals surface area contributed by atoms with Gasteiger partial charge in [-0.25, -0.2) is 9.59 Å². The molecule has 3 fully saturated rings. The topological polar surface area (TPSA) is 189 Å². The minimum absolute atomic E-state index is 0.0650. The van der Waals surface area contributed by atoms with E-state index in [0.29, 0.717) is 13.0 Å². The lowest BCUT2D eigenvalue weighted by Crippen LogP contribution is -2.62. The van der Waals surface area contributed by atoms with Crippen molar-refractivity contribution in [3.05, 3.63) is 0 Å². The van der Waals surface area contributed by atoms with Gasteiger partial charge in [0.15, 0.2) is 0 Å². The van der Waals surface area contributed by atoms with E-state index >= 15 is 0 Å². The van der Waals surface area contributed by atoms with Crippen molar-refractivity contribution >= 4 is 35.6 Å². The first-order valence-corrected chi connectivity index (χ1v) is 16.8. The Morgan fingerprint density at radius 1 is 0.894 bits per heavy atom. The van der Waals surface area contributed by atoms with Crippen molar-refractivity contribution in [1.82, 2.24) is 26.2 Å². The maximum Gasteiger partial charge on any atom is 0.407 e. The lowest BCUT2D eigenvalue weighted by atomic mass is 9.80. The standard InChI is InChI=1S/C34H58N6O7/c1-31(2,3)21(17-47-30(46)39-33(7,8)9)37-29(45)38-25(32(4,5)6)28(44)40-16-19-22(34(19,10)11)23(40)27(43)36-20(24(41)26(35)42)15-18-13-12-14-18/h18-23,25H,12-17H2,1-11H3,(H2,35,42)(H,36,43)(H,39,46)(H2,37,38,45)/t19-,20?,21+,22-,23?,25?/m0/s1. The molecule has 6 amide bonds. The van der Waals surface area contributed by atoms with Crippen molar-refractivity contribution in [2.75, 3.05) is 13.2 Å². The summed E-state index contributed by atoms with van der Waals surface area (Å²) in [6.45, 7) is 21.0. The molecule has 1 aliphatic heterocycles. The molecular formula is C34H58N6O7. The highest BCUT2D eigenvalue weighted by molar-refractivity contribution is 6.37. The van der Waals surface area contributed by atoms with Gasteiger partial charge in [0.1, 0.15) is 18.7 Å². The fourth-order valence-electron chi connectivity index (χ4n) is 6.69. The van der Waals surface area contributed by atoms with E-state index in [9.17, 15) is 28.8 Å². The number of nitrogens with one attached hydrogen (secondary N) is 4. The van der Waals surface area contributed by atoms with Gasteiger partial charge in [0.2, 0.25) is 17.6 Å². The minimum Gasteiger partial charge on any atom is -0.447 e. The fraction of sp³-hybridized carbons (Fsp3) is 0.824. The van der Waals surface area contributed by atoms with Crippen molar-refractivity contribution < 1.29 is 33.5 Å². The zero-order valence-electron chi connectivity index (χ0n) is 30.2. The molecule has 47 heavy (non-hydrogen) atoms. The van der Waals surface area contributed by atoms with Gasteiger partial charge in [-0.3, -0.25) is 19.2 Å². The molecule has 1 heterocycles. The zero-order chi connectivity index (χ0) is 35.9. The van der Waals surface area contributed by atoms with E-state index in [1.54, 1.807) is 0 Å². The molecule has 3 rings (SSSR count). The highest BCUT2D eigenvalue weighted by Gasteiger charge is 2.70. The maximum atomic E-state index is 14.3. The Balaban J connectivity index is 1.78. The summed E-state index contributed by atoms with van der Waals surface area (Å²) in [6.07, 6.45) is 2.58. The second-order valence-electron chi connectivity index (χ2n) is 17.5. The summed E-state index contributed by atoms with van der Waals surface area (Å²) in [5, 5.41) is 11.2. The summed E-state index contributed by atoms with van der Waals surface area (Å²) in [5.74, 6) is -2.71. The van der Waals surface area contributed by atoms with Crippen LogP contribution in [0.4, 0.5) is 9.59 Å². The lowest BCUT2D eigenvalue weighted by Gasteiger charge is -2.39. The number of rotatable bonds is 11. The van der Waals surface area contributed by atoms with E-state index in [1.165, 1.54) is 4.90 Å². The van der Waals surface area contributed by atoms with E-state index in [0.717, 1.165) is 19.3 Å². The smallest absolute Gasteiger partial charge is 0.407 e. The van der Waals surface area contributed by atoms with Gasteiger partial charge in [-0.15, -0.1) is 0 Å². The van der Waals surface area contributed by atoms with Crippen LogP contribution in [-0.4, -0.2) is 83.4 Å². The second-order valence-corrected chi connectivity index (χ2v) is 17.5. The normalized spacial score (nSPS) is 24.1. The molecule has 0 radical (unpaired) electrons. The van der Waals surface area contributed by atoms with Crippen molar-refractivity contribution in [2.24, 2.45) is 39.7 Å². The highest BCUT2D eigenvalue weighted by atomic mass is 16.5. The molecule has 2 saturated carbocycles. The number of nitrogens with zero attached hydrogens (tertiary/aromatic N) is 1. The number of amides is 6. The number of urea groups is 1. The maximum absolute atomic E-state index is 14.3. The van der Waals surface area contributed by atoms with Crippen LogP contribution in [0.5, 0.6) is 0 Å². The summed E-state index contributed by atoms with van der Waals surface area (Å²) in [6, 6.07) is -4.14. The Kier molecular flexibility index (Phi) is 11.0. The summed E-state index contributed by atoms with van der Waals surface area (Å²) in [7, 11) is 0. The molecule has 13 heteroatoms. The van der Waals surface area contributed by atoms with E-state index < -0.39 is 76.2 Å². The van der Waals surface area contributed by atoms with E-state index in [1.807, 2.05) is 76.2 Å². The number of piperidine rings is 1. The van der Waals surface area contributed by atoms with Gasteiger partial charge in [-0.05, 0) is 61.2 Å². The number of nitrogens with two attached hydrogens (primary N) is 1. The molecule has 3 aliphatic rings. The summed E-state index contributed by atoms with van der Waals surface area (Å²) in [4.78, 5) is 80.0. The van der Waals surface area contributed by atoms with Gasteiger partial charge in [-0.2, -0.15) is 0 Å². The van der Waals surface area contributed by atoms with Crippen molar-refractivity contribution in [2.45, 2.75) is 132 Å². The number of carbonyl (C=O) groups excluding carboxylic acids is 6. The molecule has 13 nitrogen and oxygen atoms in total. The van der Waals surface area contributed by atoms with Gasteiger partial charge in [0.25, 0.3) is 5.91 Å². The van der Waals surface area contributed by atoms with E-state index in [2.05, 4.69) is 21.3 Å². The molecule has 6 N–H and O–H groups in total. The minimum atomic E-state index is -1.10. The predicted molar refractivity (Wildman–Crippen MR) is 177 cm³/mol. The molecule has 0 bridgehead atoms. The van der Waals surface area contributed by atoms with Gasteiger partial charge in [-0.1, -0.05) is 74.7 Å². The van der Waals surface area contributed by atoms with E-state index in [4.69, 9.17) is 10.5 Å². The number of ether oxygens (including phenoxy) is 1. The number of hydrogen-bond acceptors (Lipinski definition) is 7. The van der Waals surface area contributed by atoms with Crippen LogP contribution in [0, 0.1) is 34.0 Å². The molecule has 0 spiro atoms. The third-order valence-electron chi connectivity index (χ3n) is 10.0. The average molecular weight is 663 g/mol. The summed E-state index contributed by atoms with van der Waals surface area (Å²) < 4.78 is 5.42. The average Bonchev–Trinajstić information content (AvgIpc) is 3.20. The van der Waals surface area contributed by atoms with Crippen LogP contribution in [0.25, 0.3) is 0 Å². The number of likely N-dealkylation sites (tertiary alicyclic amines) is 1. The first-order valence-electron chi connectivity index (χ1n) is 16.8. The Labute approximate surface area is 279 Å². The first kappa shape index (κ1) is 38.1. The highest BCUT2D eigenvalue weighted by Crippen LogP contribution is 2.65. The Morgan fingerprint density at radius 2 is 1.49 bits per heavy atom. The van der Waals surface area contributed by atoms with Crippen molar-refractivity contribution in [1.29, 1.82) is 0 Å². The van der Waals surface area contributed by atoms with Crippen LogP contribution < -0.4 is 27.0 Å². The largest absolute Gasteiger partial charge is 0.447 e. The monoisotopic (exact) mass is 662 g/mol. The Hall–Kier alpha value is -3.38. The molecule has 2 aliphatic carbocycles. The molecule has 266 valence electrons. The predicted octanol–water partition coefficient (Wildman–Crippen LogP) is 2.85. The van der Waals surface area contributed by atoms with Crippen LogP contribution in [0.15, 0.2) is 0 Å². The Morgan fingerprint density at radius 3 is 1.96 bits per heavy atom. The van der Waals surface area contributed by atoms with Gasteiger partial charge in [0.05, 0.1) is 12.1 Å². The molecule has 0 aromatic rings.